The molecule has 3 aromatic rings. The fraction of sp³-hybridized carbons (Fsp3) is 0. The molecule has 0 saturated heterocycles. The molecule has 0 aliphatic rings. The molecule has 0 spiro atoms. The second-order valence-electron chi connectivity index (χ2n) is 4.86. The minimum Gasteiger partial charge on any atom is -0.306 e. The number of allylic oxidation sites excluding steroid dienone is 1. The first-order valence-corrected chi connectivity index (χ1v) is 6.90. The Morgan fingerprint density at radius 2 is 1.74 bits per heavy atom. The molecule has 23 heavy (non-hydrogen) atoms. The van der Waals surface area contributed by atoms with Gasteiger partial charge in [0, 0.05) is 18.1 Å². The fourth-order valence-electron chi connectivity index (χ4n) is 2.16. The smallest absolute Gasteiger partial charge is 0.191 e. The summed E-state index contributed by atoms with van der Waals surface area (Å²) in [6.07, 6.45) is 7.85. The fourth-order valence-corrected chi connectivity index (χ4v) is 2.16. The Balaban J connectivity index is 1.79. The first-order valence-electron chi connectivity index (χ1n) is 6.90. The molecule has 0 saturated carbocycles. The molecular formula is C18H12F2N2O. The second-order valence-corrected chi connectivity index (χ2v) is 4.86. The van der Waals surface area contributed by atoms with Gasteiger partial charge in [-0.1, -0.05) is 24.3 Å². The Bertz CT molecular complexity index is 833. The van der Waals surface area contributed by atoms with Crippen LogP contribution in [0.1, 0.15) is 15.9 Å². The molecule has 0 aliphatic carbocycles. The molecule has 114 valence electrons. The molecule has 0 N–H and O–H groups in total. The number of aromatic nitrogens is 2. The summed E-state index contributed by atoms with van der Waals surface area (Å²) in [6, 6.07) is 10.7. The number of halogens is 2. The summed E-state index contributed by atoms with van der Waals surface area (Å²) in [5.41, 5.74) is 1.13. The molecule has 1 heterocycles. The van der Waals surface area contributed by atoms with E-state index in [1.54, 1.807) is 24.7 Å². The van der Waals surface area contributed by atoms with Crippen LogP contribution in [0.4, 0.5) is 8.78 Å². The zero-order chi connectivity index (χ0) is 16.2. The summed E-state index contributed by atoms with van der Waals surface area (Å²) in [7, 11) is 0. The molecule has 1 aromatic heterocycles. The minimum atomic E-state index is -0.866. The number of hydrogen-bond donors (Lipinski definition) is 0. The van der Waals surface area contributed by atoms with Gasteiger partial charge in [-0.05, 0) is 35.9 Å². The van der Waals surface area contributed by atoms with Gasteiger partial charge in [0.25, 0.3) is 0 Å². The first-order chi connectivity index (χ1) is 11.1. The van der Waals surface area contributed by atoms with E-state index >= 15 is 0 Å². The van der Waals surface area contributed by atoms with Crippen LogP contribution in [0.2, 0.25) is 0 Å². The van der Waals surface area contributed by atoms with Gasteiger partial charge >= 0.3 is 0 Å². The molecule has 0 aliphatic heterocycles. The van der Waals surface area contributed by atoms with Crippen molar-refractivity contribution in [3.63, 3.8) is 0 Å². The molecule has 3 nitrogen and oxygen atoms in total. The molecule has 3 rings (SSSR count). The average molecular weight is 310 g/mol. The van der Waals surface area contributed by atoms with E-state index in [4.69, 9.17) is 0 Å². The highest BCUT2D eigenvalue weighted by atomic mass is 19.1. The Labute approximate surface area is 131 Å². The highest BCUT2D eigenvalue weighted by Crippen LogP contribution is 2.15. The summed E-state index contributed by atoms with van der Waals surface area (Å²) in [4.78, 5) is 15.9. The minimum absolute atomic E-state index is 0.543. The summed E-state index contributed by atoms with van der Waals surface area (Å²) in [5.74, 6) is -2.44. The molecule has 0 bridgehead atoms. The third-order valence-electron chi connectivity index (χ3n) is 3.33. The van der Waals surface area contributed by atoms with E-state index in [1.165, 1.54) is 12.1 Å². The number of benzene rings is 2. The largest absolute Gasteiger partial charge is 0.306 e. The van der Waals surface area contributed by atoms with Crippen LogP contribution in [0.3, 0.4) is 0 Å². The van der Waals surface area contributed by atoms with Gasteiger partial charge in [0.1, 0.15) is 11.6 Å². The number of carbonyl (C=O) groups is 1. The van der Waals surface area contributed by atoms with Crippen LogP contribution in [-0.4, -0.2) is 15.3 Å². The molecule has 0 amide bonds. The lowest BCUT2D eigenvalue weighted by Gasteiger charge is -2.02. The van der Waals surface area contributed by atoms with Gasteiger partial charge in [-0.25, -0.2) is 13.8 Å². The van der Waals surface area contributed by atoms with Crippen molar-refractivity contribution in [2.75, 3.05) is 0 Å². The number of imidazole rings is 1. The molecular weight excluding hydrogens is 298 g/mol. The summed E-state index contributed by atoms with van der Waals surface area (Å²) >= 11 is 0. The summed E-state index contributed by atoms with van der Waals surface area (Å²) in [6.45, 7) is 0. The number of carbonyl (C=O) groups excluding carboxylic acids is 1. The highest BCUT2D eigenvalue weighted by molar-refractivity contribution is 6.07. The van der Waals surface area contributed by atoms with E-state index in [1.807, 2.05) is 22.9 Å². The molecule has 0 fully saturated rings. The maximum Gasteiger partial charge on any atom is 0.191 e. The van der Waals surface area contributed by atoms with E-state index in [0.29, 0.717) is 0 Å². The van der Waals surface area contributed by atoms with Crippen molar-refractivity contribution < 1.29 is 13.6 Å². The van der Waals surface area contributed by atoms with Gasteiger partial charge in [-0.2, -0.15) is 0 Å². The Hall–Kier alpha value is -3.08. The molecule has 0 radical (unpaired) electrons. The van der Waals surface area contributed by atoms with Gasteiger partial charge in [0.2, 0.25) is 0 Å². The number of ketones is 1. The van der Waals surface area contributed by atoms with E-state index in [9.17, 15) is 13.6 Å². The predicted octanol–water partition coefficient (Wildman–Crippen LogP) is 4.05. The van der Waals surface area contributed by atoms with Crippen LogP contribution in [0, 0.1) is 11.6 Å². The zero-order valence-electron chi connectivity index (χ0n) is 12.0. The van der Waals surface area contributed by atoms with Crippen molar-refractivity contribution in [1.29, 1.82) is 0 Å². The topological polar surface area (TPSA) is 34.9 Å². The van der Waals surface area contributed by atoms with Crippen molar-refractivity contribution in [2.24, 2.45) is 0 Å². The average Bonchev–Trinajstić information content (AvgIpc) is 3.08. The lowest BCUT2D eigenvalue weighted by molar-refractivity contribution is 0.104. The van der Waals surface area contributed by atoms with Crippen molar-refractivity contribution in [3.05, 3.63) is 90.0 Å². The van der Waals surface area contributed by atoms with Gasteiger partial charge < -0.3 is 4.57 Å². The lowest BCUT2D eigenvalue weighted by atomic mass is 10.1. The summed E-state index contributed by atoms with van der Waals surface area (Å²) in [5, 5.41) is 0. The number of rotatable bonds is 4. The van der Waals surface area contributed by atoms with Gasteiger partial charge in [0.05, 0.1) is 11.9 Å². The molecule has 0 unspecified atom stereocenters. The van der Waals surface area contributed by atoms with Crippen LogP contribution >= 0.6 is 0 Å². The Morgan fingerprint density at radius 1 is 1.04 bits per heavy atom. The molecule has 2 aromatic carbocycles. The number of nitrogens with zero attached hydrogens (tertiary/aromatic N) is 2. The van der Waals surface area contributed by atoms with Crippen LogP contribution in [0.5, 0.6) is 0 Å². The van der Waals surface area contributed by atoms with E-state index in [0.717, 1.165) is 29.5 Å². The monoisotopic (exact) mass is 310 g/mol. The Morgan fingerprint density at radius 3 is 2.35 bits per heavy atom. The third-order valence-corrected chi connectivity index (χ3v) is 3.33. The third kappa shape index (κ3) is 3.23. The zero-order valence-corrected chi connectivity index (χ0v) is 12.0. The molecule has 5 heteroatoms. The first kappa shape index (κ1) is 14.8. The summed E-state index contributed by atoms with van der Waals surface area (Å²) < 4.78 is 28.9. The maximum absolute atomic E-state index is 13.5. The van der Waals surface area contributed by atoms with Crippen LogP contribution in [0.25, 0.3) is 11.8 Å². The Kier molecular flexibility index (Phi) is 4.10. The van der Waals surface area contributed by atoms with Gasteiger partial charge in [-0.15, -0.1) is 0 Å². The van der Waals surface area contributed by atoms with Crippen molar-refractivity contribution in [3.8, 4) is 5.69 Å². The van der Waals surface area contributed by atoms with E-state index < -0.39 is 23.0 Å². The van der Waals surface area contributed by atoms with E-state index in [2.05, 4.69) is 4.98 Å². The van der Waals surface area contributed by atoms with Crippen molar-refractivity contribution in [2.45, 2.75) is 0 Å². The molecule has 0 atom stereocenters. The van der Waals surface area contributed by atoms with Crippen LogP contribution < -0.4 is 0 Å². The van der Waals surface area contributed by atoms with Crippen molar-refractivity contribution in [1.82, 2.24) is 9.55 Å². The lowest BCUT2D eigenvalue weighted by Crippen LogP contribution is -2.02. The van der Waals surface area contributed by atoms with Gasteiger partial charge in [0.15, 0.2) is 5.78 Å². The van der Waals surface area contributed by atoms with Crippen LogP contribution in [-0.2, 0) is 0 Å². The normalized spacial score (nSPS) is 11.0. The second kappa shape index (κ2) is 6.36. The van der Waals surface area contributed by atoms with Crippen LogP contribution in [0.15, 0.2) is 67.3 Å². The quantitative estimate of drug-likeness (QED) is 0.538. The standard InChI is InChI=1S/C18H12F2N2O/c19-15-2-1-3-16(20)18(15)17(23)9-6-13-4-7-14(8-5-13)22-11-10-21-12-22/h1-12H/b9-6+. The van der Waals surface area contributed by atoms with E-state index in [-0.39, 0.29) is 0 Å². The maximum atomic E-state index is 13.5. The SMILES string of the molecule is O=C(/C=C/c1ccc(-n2ccnc2)cc1)c1c(F)cccc1F. The highest BCUT2D eigenvalue weighted by Gasteiger charge is 2.14. The predicted molar refractivity (Wildman–Crippen MR) is 83.3 cm³/mol. The number of hydrogen-bond acceptors (Lipinski definition) is 2. The van der Waals surface area contributed by atoms with Gasteiger partial charge in [-0.3, -0.25) is 4.79 Å². The van der Waals surface area contributed by atoms with Crippen molar-refractivity contribution >= 4 is 11.9 Å².